The van der Waals surface area contributed by atoms with E-state index in [1.54, 1.807) is 6.92 Å². The number of carbonyl (C=O) groups excluding carboxylic acids is 2. The van der Waals surface area contributed by atoms with Crippen LogP contribution in [0.5, 0.6) is 28.7 Å². The number of Topliss-reactive ketones (excluding diaryl/α,β-unsaturated/α-hetero) is 1. The molecular formula is C20H20O8. The quantitative estimate of drug-likeness (QED) is 0.587. The molecule has 0 saturated carbocycles. The molecule has 8 heteroatoms. The van der Waals surface area contributed by atoms with E-state index in [9.17, 15) is 30.0 Å². The van der Waals surface area contributed by atoms with Gasteiger partial charge in [0, 0.05) is 18.1 Å². The molecule has 2 atom stereocenters. The van der Waals surface area contributed by atoms with Crippen LogP contribution < -0.4 is 4.74 Å². The second-order valence-corrected chi connectivity index (χ2v) is 6.75. The van der Waals surface area contributed by atoms with Crippen LogP contribution in [-0.4, -0.2) is 45.4 Å². The summed E-state index contributed by atoms with van der Waals surface area (Å²) in [6.45, 7) is 2.96. The number of ether oxygens (including phenoxy) is 2. The summed E-state index contributed by atoms with van der Waals surface area (Å²) < 4.78 is 10.3. The van der Waals surface area contributed by atoms with Crippen molar-refractivity contribution in [1.82, 2.24) is 0 Å². The molecule has 1 aliphatic heterocycles. The predicted octanol–water partition coefficient (Wildman–Crippen LogP) is 2.34. The summed E-state index contributed by atoms with van der Waals surface area (Å²) in [4.78, 5) is 24.1. The Morgan fingerprint density at radius 3 is 2.43 bits per heavy atom. The largest absolute Gasteiger partial charge is 0.508 e. The third-order valence-corrected chi connectivity index (χ3v) is 4.75. The average Bonchev–Trinajstić information content (AvgIpc) is 2.55. The lowest BCUT2D eigenvalue weighted by Gasteiger charge is -2.33. The molecular weight excluding hydrogens is 368 g/mol. The summed E-state index contributed by atoms with van der Waals surface area (Å²) in [5.74, 6) is -3.57. The highest BCUT2D eigenvalue weighted by molar-refractivity contribution is 5.97. The fourth-order valence-electron chi connectivity index (χ4n) is 3.71. The molecule has 148 valence electrons. The van der Waals surface area contributed by atoms with Gasteiger partial charge in [0.05, 0.1) is 13.0 Å². The van der Waals surface area contributed by atoms with Gasteiger partial charge < -0.3 is 29.9 Å². The average molecular weight is 388 g/mol. The van der Waals surface area contributed by atoms with Gasteiger partial charge in [-0.1, -0.05) is 0 Å². The van der Waals surface area contributed by atoms with E-state index in [0.29, 0.717) is 5.56 Å². The number of hydrogen-bond acceptors (Lipinski definition) is 8. The van der Waals surface area contributed by atoms with Crippen LogP contribution in [0.15, 0.2) is 18.2 Å². The number of ketones is 1. The first-order chi connectivity index (χ1) is 13.1. The lowest BCUT2D eigenvalue weighted by Crippen LogP contribution is -2.31. The van der Waals surface area contributed by atoms with Gasteiger partial charge in [0.25, 0.3) is 0 Å². The van der Waals surface area contributed by atoms with Crippen LogP contribution in [0.2, 0.25) is 0 Å². The number of fused-ring (bicyclic) bond motifs is 1. The SMILES string of the molecule is COc1c(O)cc2c(c1O)C(=O)O[C@H](C)[C@@H]2c1c(O)cc(O)cc1CC(C)=O. The zero-order valence-corrected chi connectivity index (χ0v) is 15.5. The van der Waals surface area contributed by atoms with Gasteiger partial charge in [0.1, 0.15) is 28.9 Å². The highest BCUT2D eigenvalue weighted by atomic mass is 16.5. The smallest absolute Gasteiger partial charge is 0.342 e. The van der Waals surface area contributed by atoms with E-state index in [4.69, 9.17) is 9.47 Å². The summed E-state index contributed by atoms with van der Waals surface area (Å²) in [6.07, 6.45) is -0.855. The Balaban J connectivity index is 2.32. The van der Waals surface area contributed by atoms with Gasteiger partial charge in [-0.2, -0.15) is 0 Å². The lowest BCUT2D eigenvalue weighted by molar-refractivity contribution is -0.116. The molecule has 0 spiro atoms. The first-order valence-corrected chi connectivity index (χ1v) is 8.53. The third kappa shape index (κ3) is 3.06. The van der Waals surface area contributed by atoms with E-state index in [1.807, 2.05) is 0 Å². The summed E-state index contributed by atoms with van der Waals surface area (Å²) in [5, 5.41) is 41.0. The molecule has 0 bridgehead atoms. The zero-order chi connectivity index (χ0) is 20.7. The van der Waals surface area contributed by atoms with Gasteiger partial charge in [-0.15, -0.1) is 0 Å². The number of carbonyl (C=O) groups is 2. The van der Waals surface area contributed by atoms with Crippen LogP contribution >= 0.6 is 0 Å². The molecule has 2 aromatic rings. The molecule has 2 aromatic carbocycles. The minimum Gasteiger partial charge on any atom is -0.508 e. The van der Waals surface area contributed by atoms with Gasteiger partial charge in [0.15, 0.2) is 11.5 Å². The first kappa shape index (κ1) is 19.3. The summed E-state index contributed by atoms with van der Waals surface area (Å²) in [5.41, 5.74) is 0.628. The van der Waals surface area contributed by atoms with Gasteiger partial charge in [-0.05, 0) is 37.1 Å². The number of hydrogen-bond donors (Lipinski definition) is 4. The van der Waals surface area contributed by atoms with Crippen LogP contribution in [-0.2, 0) is 16.0 Å². The minimum absolute atomic E-state index is 0.0715. The number of benzene rings is 2. The molecule has 0 fully saturated rings. The van der Waals surface area contributed by atoms with E-state index < -0.39 is 29.5 Å². The van der Waals surface area contributed by atoms with Crippen LogP contribution in [0.4, 0.5) is 0 Å². The van der Waals surface area contributed by atoms with Crippen molar-refractivity contribution in [2.75, 3.05) is 7.11 Å². The lowest BCUT2D eigenvalue weighted by atomic mass is 9.79. The Morgan fingerprint density at radius 2 is 1.82 bits per heavy atom. The molecule has 0 unspecified atom stereocenters. The molecule has 28 heavy (non-hydrogen) atoms. The van der Waals surface area contributed by atoms with E-state index >= 15 is 0 Å². The number of rotatable bonds is 4. The Bertz CT molecular complexity index is 979. The van der Waals surface area contributed by atoms with Gasteiger partial charge in [-0.3, -0.25) is 4.79 Å². The fourth-order valence-corrected chi connectivity index (χ4v) is 3.71. The highest BCUT2D eigenvalue weighted by Crippen LogP contribution is 2.50. The van der Waals surface area contributed by atoms with Crippen molar-refractivity contribution in [3.05, 3.63) is 40.5 Å². The van der Waals surface area contributed by atoms with Gasteiger partial charge >= 0.3 is 5.97 Å². The zero-order valence-electron chi connectivity index (χ0n) is 15.5. The Kier molecular flexibility index (Phi) is 4.80. The third-order valence-electron chi connectivity index (χ3n) is 4.75. The maximum Gasteiger partial charge on any atom is 0.342 e. The Hall–Kier alpha value is -3.42. The molecule has 0 radical (unpaired) electrons. The standard InChI is InChI=1S/C20H20O8/c1-8(21)4-10-5-11(22)6-13(23)16(10)15-9(2)28-20(26)17-12(15)7-14(24)19(27-3)18(17)25/h5-7,9,15,22-25H,4H2,1-3H3/t9-,15+/m1/s1. The molecule has 8 nitrogen and oxygen atoms in total. The minimum atomic E-state index is -0.805. The highest BCUT2D eigenvalue weighted by Gasteiger charge is 2.40. The molecule has 0 aliphatic carbocycles. The molecule has 0 aromatic heterocycles. The van der Waals surface area contributed by atoms with Crippen LogP contribution in [0.25, 0.3) is 0 Å². The molecule has 0 saturated heterocycles. The summed E-state index contributed by atoms with van der Waals surface area (Å²) in [7, 11) is 1.23. The summed E-state index contributed by atoms with van der Waals surface area (Å²) >= 11 is 0. The van der Waals surface area contributed by atoms with E-state index in [-0.39, 0.29) is 46.1 Å². The van der Waals surface area contributed by atoms with Gasteiger partial charge in [-0.25, -0.2) is 4.79 Å². The molecule has 3 rings (SSSR count). The van der Waals surface area contributed by atoms with Crippen molar-refractivity contribution in [2.24, 2.45) is 0 Å². The Morgan fingerprint density at radius 1 is 1.14 bits per heavy atom. The topological polar surface area (TPSA) is 134 Å². The van der Waals surface area contributed by atoms with Crippen molar-refractivity contribution < 1.29 is 39.5 Å². The van der Waals surface area contributed by atoms with Crippen LogP contribution in [0, 0.1) is 0 Å². The number of esters is 1. The molecule has 1 heterocycles. The van der Waals surface area contributed by atoms with Crippen LogP contribution in [0.1, 0.15) is 46.8 Å². The predicted molar refractivity (Wildman–Crippen MR) is 97.2 cm³/mol. The van der Waals surface area contributed by atoms with Crippen molar-refractivity contribution in [1.29, 1.82) is 0 Å². The van der Waals surface area contributed by atoms with Crippen LogP contribution in [0.3, 0.4) is 0 Å². The molecule has 0 amide bonds. The van der Waals surface area contributed by atoms with E-state index in [2.05, 4.69) is 0 Å². The molecule has 1 aliphatic rings. The number of phenolic OH excluding ortho intramolecular Hbond substituents is 4. The van der Waals surface area contributed by atoms with Crippen molar-refractivity contribution in [2.45, 2.75) is 32.3 Å². The van der Waals surface area contributed by atoms with Crippen molar-refractivity contribution in [3.63, 3.8) is 0 Å². The van der Waals surface area contributed by atoms with E-state index in [1.165, 1.54) is 26.2 Å². The number of aromatic hydroxyl groups is 4. The number of phenols is 4. The fraction of sp³-hybridized carbons (Fsp3) is 0.300. The second kappa shape index (κ2) is 6.95. The first-order valence-electron chi connectivity index (χ1n) is 8.53. The Labute approximate surface area is 160 Å². The molecule has 4 N–H and O–H groups in total. The normalized spacial score (nSPS) is 18.3. The van der Waals surface area contributed by atoms with Gasteiger partial charge in [0.2, 0.25) is 5.75 Å². The maximum atomic E-state index is 12.4. The number of cyclic esters (lactones) is 1. The summed E-state index contributed by atoms with van der Waals surface area (Å²) in [6, 6.07) is 3.73. The number of methoxy groups -OCH3 is 1. The van der Waals surface area contributed by atoms with Crippen molar-refractivity contribution in [3.8, 4) is 28.7 Å². The second-order valence-electron chi connectivity index (χ2n) is 6.75. The maximum absolute atomic E-state index is 12.4. The monoisotopic (exact) mass is 388 g/mol. The van der Waals surface area contributed by atoms with Crippen molar-refractivity contribution >= 4 is 11.8 Å². The van der Waals surface area contributed by atoms with E-state index in [0.717, 1.165) is 6.07 Å².